The third-order valence-corrected chi connectivity index (χ3v) is 5.52. The highest BCUT2D eigenvalue weighted by Crippen LogP contribution is 2.46. The fourth-order valence-corrected chi connectivity index (χ4v) is 4.42. The van der Waals surface area contributed by atoms with Crippen molar-refractivity contribution in [1.82, 2.24) is 14.5 Å². The SMILES string of the molecule is C=CCN1c2cccnc2-n2cccc2[C@@]12CCN(C(=O)CC(C)C)C2. The van der Waals surface area contributed by atoms with Crippen LogP contribution in [0, 0.1) is 5.92 Å². The first-order valence-corrected chi connectivity index (χ1v) is 9.36. The first kappa shape index (κ1) is 16.9. The van der Waals surface area contributed by atoms with E-state index in [0.29, 0.717) is 18.9 Å². The predicted molar refractivity (Wildman–Crippen MR) is 103 cm³/mol. The number of likely N-dealkylation sites (tertiary alicyclic amines) is 1. The summed E-state index contributed by atoms with van der Waals surface area (Å²) >= 11 is 0. The largest absolute Gasteiger partial charge is 0.352 e. The van der Waals surface area contributed by atoms with Crippen LogP contribution in [0.5, 0.6) is 0 Å². The number of hydrogen-bond acceptors (Lipinski definition) is 3. The number of nitrogens with zero attached hydrogens (tertiary/aromatic N) is 4. The van der Waals surface area contributed by atoms with Gasteiger partial charge in [-0.1, -0.05) is 19.9 Å². The average Bonchev–Trinajstić information content (AvgIpc) is 3.27. The number of aromatic nitrogens is 2. The van der Waals surface area contributed by atoms with Gasteiger partial charge in [-0.2, -0.15) is 0 Å². The molecule has 0 aliphatic carbocycles. The summed E-state index contributed by atoms with van der Waals surface area (Å²) in [5.74, 6) is 1.58. The Bertz CT molecular complexity index is 840. The third-order valence-electron chi connectivity index (χ3n) is 5.52. The van der Waals surface area contributed by atoms with Gasteiger partial charge in [-0.3, -0.25) is 4.79 Å². The molecule has 1 spiro atoms. The molecular weight excluding hydrogens is 324 g/mol. The first-order valence-electron chi connectivity index (χ1n) is 9.36. The molecule has 2 aliphatic heterocycles. The molecule has 0 saturated carbocycles. The molecular formula is C21H26N4O. The normalized spacial score (nSPS) is 21.2. The van der Waals surface area contributed by atoms with Crippen LogP contribution in [0.4, 0.5) is 5.69 Å². The number of pyridine rings is 1. The molecule has 0 aromatic carbocycles. The number of carbonyl (C=O) groups is 1. The maximum atomic E-state index is 12.7. The smallest absolute Gasteiger partial charge is 0.222 e. The Balaban J connectivity index is 1.78. The van der Waals surface area contributed by atoms with Crippen molar-refractivity contribution in [2.45, 2.75) is 32.2 Å². The number of amides is 1. The Kier molecular flexibility index (Phi) is 4.10. The summed E-state index contributed by atoms with van der Waals surface area (Å²) < 4.78 is 2.19. The molecule has 1 amide bonds. The van der Waals surface area contributed by atoms with Gasteiger partial charge in [0.2, 0.25) is 5.91 Å². The molecule has 136 valence electrons. The molecule has 1 atom stereocenters. The minimum atomic E-state index is -0.222. The van der Waals surface area contributed by atoms with Gasteiger partial charge in [0.1, 0.15) is 5.54 Å². The fraction of sp³-hybridized carbons (Fsp3) is 0.429. The molecule has 0 radical (unpaired) electrons. The Morgan fingerprint density at radius 1 is 1.38 bits per heavy atom. The van der Waals surface area contributed by atoms with E-state index in [4.69, 9.17) is 0 Å². The van der Waals surface area contributed by atoms with Crippen LogP contribution in [-0.4, -0.2) is 40.0 Å². The second-order valence-electron chi connectivity index (χ2n) is 7.70. The van der Waals surface area contributed by atoms with E-state index in [2.05, 4.69) is 59.3 Å². The van der Waals surface area contributed by atoms with Crippen molar-refractivity contribution in [2.75, 3.05) is 24.5 Å². The van der Waals surface area contributed by atoms with E-state index in [1.807, 2.05) is 23.2 Å². The van der Waals surface area contributed by atoms with Gasteiger partial charge >= 0.3 is 0 Å². The van der Waals surface area contributed by atoms with Crippen LogP contribution in [0.3, 0.4) is 0 Å². The Morgan fingerprint density at radius 2 is 2.23 bits per heavy atom. The molecule has 2 aromatic rings. The van der Waals surface area contributed by atoms with E-state index in [1.165, 1.54) is 5.69 Å². The van der Waals surface area contributed by atoms with Crippen LogP contribution < -0.4 is 4.90 Å². The van der Waals surface area contributed by atoms with Crippen molar-refractivity contribution < 1.29 is 4.79 Å². The van der Waals surface area contributed by atoms with E-state index in [-0.39, 0.29) is 11.4 Å². The summed E-state index contributed by atoms with van der Waals surface area (Å²) in [6, 6.07) is 8.35. The molecule has 4 rings (SSSR count). The van der Waals surface area contributed by atoms with Crippen LogP contribution >= 0.6 is 0 Å². The summed E-state index contributed by atoms with van der Waals surface area (Å²) in [5, 5.41) is 0. The Hall–Kier alpha value is -2.56. The minimum Gasteiger partial charge on any atom is -0.352 e. The van der Waals surface area contributed by atoms with E-state index < -0.39 is 0 Å². The first-order chi connectivity index (χ1) is 12.6. The summed E-state index contributed by atoms with van der Waals surface area (Å²) in [5.41, 5.74) is 2.10. The zero-order valence-corrected chi connectivity index (χ0v) is 15.6. The van der Waals surface area contributed by atoms with Gasteiger partial charge in [-0.25, -0.2) is 4.98 Å². The monoisotopic (exact) mass is 350 g/mol. The molecule has 0 N–H and O–H groups in total. The molecule has 0 bridgehead atoms. The van der Waals surface area contributed by atoms with E-state index in [0.717, 1.165) is 31.0 Å². The molecule has 1 fully saturated rings. The van der Waals surface area contributed by atoms with Gasteiger partial charge in [-0.15, -0.1) is 6.58 Å². The molecule has 2 aliphatic rings. The topological polar surface area (TPSA) is 41.4 Å². The number of fused-ring (bicyclic) bond motifs is 4. The van der Waals surface area contributed by atoms with Gasteiger partial charge in [-0.05, 0) is 36.6 Å². The molecule has 5 nitrogen and oxygen atoms in total. The van der Waals surface area contributed by atoms with Crippen LogP contribution in [0.25, 0.3) is 5.82 Å². The third kappa shape index (κ3) is 2.45. The standard InChI is InChI=1S/C21H26N4O/c1-4-11-25-17-7-5-10-22-20(17)24-12-6-8-18(24)21(25)9-13-23(15-21)19(26)14-16(2)3/h4-8,10,12,16H,1,9,11,13-15H2,2-3H3/t21-/m0/s1. The number of rotatable bonds is 4. The summed E-state index contributed by atoms with van der Waals surface area (Å²) in [4.78, 5) is 21.8. The van der Waals surface area contributed by atoms with Gasteiger partial charge in [0, 0.05) is 38.4 Å². The zero-order chi connectivity index (χ0) is 18.3. The number of hydrogen-bond donors (Lipinski definition) is 0. The highest BCUT2D eigenvalue weighted by Gasteiger charge is 2.50. The lowest BCUT2D eigenvalue weighted by Gasteiger charge is -2.46. The lowest BCUT2D eigenvalue weighted by atomic mass is 9.89. The summed E-state index contributed by atoms with van der Waals surface area (Å²) in [7, 11) is 0. The molecule has 26 heavy (non-hydrogen) atoms. The molecule has 5 heteroatoms. The second-order valence-corrected chi connectivity index (χ2v) is 7.70. The molecule has 2 aromatic heterocycles. The van der Waals surface area contributed by atoms with Crippen LogP contribution in [-0.2, 0) is 10.3 Å². The second kappa shape index (κ2) is 6.31. The number of anilines is 1. The average molecular weight is 350 g/mol. The van der Waals surface area contributed by atoms with E-state index in [9.17, 15) is 4.79 Å². The lowest BCUT2D eigenvalue weighted by Crippen LogP contribution is -2.52. The Morgan fingerprint density at radius 3 is 3.00 bits per heavy atom. The van der Waals surface area contributed by atoms with Crippen molar-refractivity contribution in [3.05, 3.63) is 55.0 Å². The number of carbonyl (C=O) groups excluding carboxylic acids is 1. The quantitative estimate of drug-likeness (QED) is 0.794. The molecule has 4 heterocycles. The van der Waals surface area contributed by atoms with Gasteiger partial charge in [0.05, 0.1) is 11.4 Å². The van der Waals surface area contributed by atoms with Crippen LogP contribution in [0.15, 0.2) is 49.3 Å². The maximum Gasteiger partial charge on any atom is 0.222 e. The van der Waals surface area contributed by atoms with Gasteiger partial charge in [0.15, 0.2) is 5.82 Å². The lowest BCUT2D eigenvalue weighted by molar-refractivity contribution is -0.131. The van der Waals surface area contributed by atoms with Crippen molar-refractivity contribution in [3.63, 3.8) is 0 Å². The van der Waals surface area contributed by atoms with Crippen LogP contribution in [0.2, 0.25) is 0 Å². The van der Waals surface area contributed by atoms with Crippen LogP contribution in [0.1, 0.15) is 32.4 Å². The predicted octanol–water partition coefficient (Wildman–Crippen LogP) is 3.35. The van der Waals surface area contributed by atoms with Crippen molar-refractivity contribution in [3.8, 4) is 5.82 Å². The summed E-state index contributed by atoms with van der Waals surface area (Å²) in [6.45, 7) is 10.4. The van der Waals surface area contributed by atoms with Gasteiger partial charge in [0.25, 0.3) is 0 Å². The molecule has 1 saturated heterocycles. The summed E-state index contributed by atoms with van der Waals surface area (Å²) in [6.07, 6.45) is 7.38. The molecule has 0 unspecified atom stereocenters. The highest BCUT2D eigenvalue weighted by atomic mass is 16.2. The van der Waals surface area contributed by atoms with E-state index in [1.54, 1.807) is 0 Å². The zero-order valence-electron chi connectivity index (χ0n) is 15.6. The Labute approximate surface area is 154 Å². The highest BCUT2D eigenvalue weighted by molar-refractivity contribution is 5.77. The fourth-order valence-electron chi connectivity index (χ4n) is 4.42. The minimum absolute atomic E-state index is 0.222. The van der Waals surface area contributed by atoms with Crippen molar-refractivity contribution >= 4 is 11.6 Å². The van der Waals surface area contributed by atoms with E-state index >= 15 is 0 Å². The maximum absolute atomic E-state index is 12.7. The van der Waals surface area contributed by atoms with Crippen molar-refractivity contribution in [1.29, 1.82) is 0 Å². The van der Waals surface area contributed by atoms with Crippen molar-refractivity contribution in [2.24, 2.45) is 5.92 Å². The van der Waals surface area contributed by atoms with Gasteiger partial charge < -0.3 is 14.4 Å².